The van der Waals surface area contributed by atoms with Crippen LogP contribution < -0.4 is 10.6 Å². The van der Waals surface area contributed by atoms with Crippen molar-refractivity contribution in [1.29, 1.82) is 0 Å². The van der Waals surface area contributed by atoms with E-state index in [4.69, 9.17) is 0 Å². The van der Waals surface area contributed by atoms with E-state index in [2.05, 4.69) is 20.8 Å². The lowest BCUT2D eigenvalue weighted by Gasteiger charge is -2.02. The van der Waals surface area contributed by atoms with Gasteiger partial charge in [0.15, 0.2) is 5.82 Å². The molecule has 14 heavy (non-hydrogen) atoms. The van der Waals surface area contributed by atoms with E-state index in [0.29, 0.717) is 12.2 Å². The third-order valence-corrected chi connectivity index (χ3v) is 1.67. The summed E-state index contributed by atoms with van der Waals surface area (Å²) in [7, 11) is 1.86. The fourth-order valence-electron chi connectivity index (χ4n) is 0.999. The monoisotopic (exact) mass is 194 g/mol. The highest BCUT2D eigenvalue weighted by molar-refractivity contribution is 5.89. The molecular formula is C9H14N4O. The van der Waals surface area contributed by atoms with Crippen molar-refractivity contribution < 1.29 is 4.79 Å². The zero-order valence-electron chi connectivity index (χ0n) is 8.16. The van der Waals surface area contributed by atoms with Crippen LogP contribution in [0.1, 0.15) is 12.8 Å². The number of rotatable bonds is 5. The van der Waals surface area contributed by atoms with Crippen molar-refractivity contribution in [2.24, 2.45) is 0 Å². The lowest BCUT2D eigenvalue weighted by Crippen LogP contribution is -2.15. The Morgan fingerprint density at radius 3 is 3.07 bits per heavy atom. The van der Waals surface area contributed by atoms with Crippen LogP contribution in [0.4, 0.5) is 5.82 Å². The van der Waals surface area contributed by atoms with Gasteiger partial charge in [-0.3, -0.25) is 4.79 Å². The predicted molar refractivity (Wildman–Crippen MR) is 53.8 cm³/mol. The smallest absolute Gasteiger partial charge is 0.225 e. The normalized spacial score (nSPS) is 9.79. The molecule has 1 amide bonds. The molecule has 0 saturated carbocycles. The molecule has 1 aromatic rings. The van der Waals surface area contributed by atoms with Crippen molar-refractivity contribution in [3.05, 3.63) is 18.3 Å². The van der Waals surface area contributed by atoms with Crippen LogP contribution in [-0.4, -0.2) is 29.7 Å². The summed E-state index contributed by atoms with van der Waals surface area (Å²) in [5, 5.41) is 13.0. The second-order valence-corrected chi connectivity index (χ2v) is 2.86. The van der Waals surface area contributed by atoms with Gasteiger partial charge >= 0.3 is 0 Å². The Morgan fingerprint density at radius 2 is 2.43 bits per heavy atom. The van der Waals surface area contributed by atoms with Gasteiger partial charge in [-0.15, -0.1) is 5.10 Å². The van der Waals surface area contributed by atoms with Crippen LogP contribution in [0.5, 0.6) is 0 Å². The van der Waals surface area contributed by atoms with Crippen LogP contribution >= 0.6 is 0 Å². The van der Waals surface area contributed by atoms with Crippen LogP contribution in [0.2, 0.25) is 0 Å². The van der Waals surface area contributed by atoms with E-state index in [1.54, 1.807) is 18.3 Å². The molecule has 1 rings (SSSR count). The molecule has 0 radical (unpaired) electrons. The molecule has 76 valence electrons. The molecule has 0 spiro atoms. The molecule has 0 unspecified atom stereocenters. The highest BCUT2D eigenvalue weighted by atomic mass is 16.1. The summed E-state index contributed by atoms with van der Waals surface area (Å²) in [6, 6.07) is 3.44. The molecular weight excluding hydrogens is 180 g/mol. The average Bonchev–Trinajstić information content (AvgIpc) is 2.20. The van der Waals surface area contributed by atoms with Crippen molar-refractivity contribution in [1.82, 2.24) is 15.5 Å². The highest BCUT2D eigenvalue weighted by Crippen LogP contribution is 1.99. The van der Waals surface area contributed by atoms with Gasteiger partial charge in [0.1, 0.15) is 0 Å². The maximum atomic E-state index is 11.3. The van der Waals surface area contributed by atoms with E-state index in [0.717, 1.165) is 13.0 Å². The third-order valence-electron chi connectivity index (χ3n) is 1.67. The van der Waals surface area contributed by atoms with E-state index in [1.165, 1.54) is 0 Å². The molecule has 0 fully saturated rings. The molecule has 2 N–H and O–H groups in total. The van der Waals surface area contributed by atoms with Gasteiger partial charge in [-0.2, -0.15) is 5.10 Å². The maximum absolute atomic E-state index is 11.3. The lowest BCUT2D eigenvalue weighted by molar-refractivity contribution is -0.116. The predicted octanol–water partition coefficient (Wildman–Crippen LogP) is 0.415. The van der Waals surface area contributed by atoms with E-state index in [1.807, 2.05) is 7.05 Å². The first-order valence-corrected chi connectivity index (χ1v) is 4.55. The quantitative estimate of drug-likeness (QED) is 0.666. The van der Waals surface area contributed by atoms with Crippen LogP contribution in [0.3, 0.4) is 0 Å². The number of nitrogens with zero attached hydrogens (tertiary/aromatic N) is 2. The van der Waals surface area contributed by atoms with Crippen molar-refractivity contribution in [2.45, 2.75) is 12.8 Å². The minimum absolute atomic E-state index is 0.0271. The Bertz CT molecular complexity index is 275. The van der Waals surface area contributed by atoms with Crippen LogP contribution in [0, 0.1) is 0 Å². The molecule has 0 saturated heterocycles. The molecule has 0 aromatic carbocycles. The largest absolute Gasteiger partial charge is 0.320 e. The molecule has 0 aliphatic heterocycles. The fourth-order valence-corrected chi connectivity index (χ4v) is 0.999. The van der Waals surface area contributed by atoms with Crippen LogP contribution in [0.15, 0.2) is 18.3 Å². The number of anilines is 1. The topological polar surface area (TPSA) is 66.9 Å². The Labute approximate surface area is 82.9 Å². The Kier molecular flexibility index (Phi) is 4.57. The van der Waals surface area contributed by atoms with Gasteiger partial charge in [0, 0.05) is 12.6 Å². The standard InChI is InChI=1S/C9H14N4O/c1-10-6-3-5-9(14)12-8-4-2-7-11-13-8/h2,4,7,10H,3,5-6H2,1H3,(H,12,13,14). The van der Waals surface area contributed by atoms with Gasteiger partial charge in [0.2, 0.25) is 5.91 Å². The molecule has 0 atom stereocenters. The van der Waals surface area contributed by atoms with Gasteiger partial charge in [0.25, 0.3) is 0 Å². The summed E-state index contributed by atoms with van der Waals surface area (Å²) >= 11 is 0. The van der Waals surface area contributed by atoms with E-state index in [-0.39, 0.29) is 5.91 Å². The minimum Gasteiger partial charge on any atom is -0.320 e. The van der Waals surface area contributed by atoms with Crippen LogP contribution in [0.25, 0.3) is 0 Å². The highest BCUT2D eigenvalue weighted by Gasteiger charge is 2.01. The molecule has 1 heterocycles. The number of carbonyl (C=O) groups excluding carboxylic acids is 1. The van der Waals surface area contributed by atoms with Gasteiger partial charge in [-0.1, -0.05) is 0 Å². The molecule has 0 aliphatic rings. The maximum Gasteiger partial charge on any atom is 0.225 e. The molecule has 1 aromatic heterocycles. The Morgan fingerprint density at radius 1 is 1.57 bits per heavy atom. The number of aromatic nitrogens is 2. The summed E-state index contributed by atoms with van der Waals surface area (Å²) in [6.07, 6.45) is 2.89. The molecule has 5 nitrogen and oxygen atoms in total. The molecule has 0 aliphatic carbocycles. The first kappa shape index (κ1) is 10.6. The van der Waals surface area contributed by atoms with Crippen molar-refractivity contribution in [3.8, 4) is 0 Å². The van der Waals surface area contributed by atoms with E-state index >= 15 is 0 Å². The summed E-state index contributed by atoms with van der Waals surface area (Å²) in [5.41, 5.74) is 0. The van der Waals surface area contributed by atoms with Gasteiger partial charge in [-0.25, -0.2) is 0 Å². The number of hydrogen-bond donors (Lipinski definition) is 2. The van der Waals surface area contributed by atoms with Crippen molar-refractivity contribution >= 4 is 11.7 Å². The third kappa shape index (κ3) is 3.95. The zero-order chi connectivity index (χ0) is 10.2. The van der Waals surface area contributed by atoms with Gasteiger partial charge in [0.05, 0.1) is 0 Å². The molecule has 0 bridgehead atoms. The van der Waals surface area contributed by atoms with E-state index in [9.17, 15) is 4.79 Å². The van der Waals surface area contributed by atoms with Crippen molar-refractivity contribution in [2.75, 3.05) is 18.9 Å². The summed E-state index contributed by atoms with van der Waals surface area (Å²) < 4.78 is 0. The van der Waals surface area contributed by atoms with Crippen LogP contribution in [-0.2, 0) is 4.79 Å². The van der Waals surface area contributed by atoms with Crippen molar-refractivity contribution in [3.63, 3.8) is 0 Å². The Hall–Kier alpha value is -1.49. The number of carbonyl (C=O) groups is 1. The number of hydrogen-bond acceptors (Lipinski definition) is 4. The summed E-state index contributed by atoms with van der Waals surface area (Å²) in [5.74, 6) is 0.475. The second kappa shape index (κ2) is 6.04. The first-order valence-electron chi connectivity index (χ1n) is 4.55. The SMILES string of the molecule is CNCCCC(=O)Nc1cccnn1. The molecule has 5 heteroatoms. The van der Waals surface area contributed by atoms with Gasteiger partial charge in [-0.05, 0) is 32.1 Å². The summed E-state index contributed by atoms with van der Waals surface area (Å²) in [6.45, 7) is 0.841. The van der Waals surface area contributed by atoms with E-state index < -0.39 is 0 Å². The lowest BCUT2D eigenvalue weighted by atomic mass is 10.3. The number of amides is 1. The van der Waals surface area contributed by atoms with Gasteiger partial charge < -0.3 is 10.6 Å². The zero-order valence-corrected chi connectivity index (χ0v) is 8.16. The number of nitrogens with one attached hydrogen (secondary N) is 2. The second-order valence-electron chi connectivity index (χ2n) is 2.86. The fraction of sp³-hybridized carbons (Fsp3) is 0.444. The average molecular weight is 194 g/mol. The summed E-state index contributed by atoms with van der Waals surface area (Å²) in [4.78, 5) is 11.3. The minimum atomic E-state index is -0.0271. The Balaban J connectivity index is 2.27. The first-order chi connectivity index (χ1) is 6.83.